The van der Waals surface area contributed by atoms with Crippen LogP contribution >= 0.6 is 0 Å². The first-order valence-electron chi connectivity index (χ1n) is 6.77. The minimum atomic E-state index is 0.380. The molecule has 0 aromatic carbocycles. The van der Waals surface area contributed by atoms with Crippen molar-refractivity contribution in [3.8, 4) is 0 Å². The van der Waals surface area contributed by atoms with Gasteiger partial charge in [-0.25, -0.2) is 0 Å². The van der Waals surface area contributed by atoms with E-state index in [9.17, 15) is 4.79 Å². The predicted octanol–water partition coefficient (Wildman–Crippen LogP) is 4.21. The standard InChI is InChI=1S/C14H26O/c1-3-5-13(6-4-2)14-9-7-12(11-15)8-10-14/h11-14H,3-10H2,1-2H3. The second kappa shape index (κ2) is 7.03. The van der Waals surface area contributed by atoms with Crippen molar-refractivity contribution in [3.63, 3.8) is 0 Å². The third kappa shape index (κ3) is 3.96. The van der Waals surface area contributed by atoms with Crippen LogP contribution in [0.1, 0.15) is 65.2 Å². The van der Waals surface area contributed by atoms with Crippen LogP contribution in [0.15, 0.2) is 0 Å². The molecule has 0 N–H and O–H groups in total. The number of carbonyl (C=O) groups is 1. The minimum absolute atomic E-state index is 0.380. The molecule has 0 aromatic heterocycles. The van der Waals surface area contributed by atoms with Gasteiger partial charge in [-0.15, -0.1) is 0 Å². The molecule has 0 aliphatic heterocycles. The molecule has 1 saturated carbocycles. The highest BCUT2D eigenvalue weighted by Gasteiger charge is 2.26. The second-order valence-electron chi connectivity index (χ2n) is 5.15. The number of carbonyl (C=O) groups excluding carboxylic acids is 1. The van der Waals surface area contributed by atoms with Crippen molar-refractivity contribution in [2.75, 3.05) is 0 Å². The molecular weight excluding hydrogens is 184 g/mol. The minimum Gasteiger partial charge on any atom is -0.303 e. The quantitative estimate of drug-likeness (QED) is 0.600. The molecule has 0 unspecified atom stereocenters. The van der Waals surface area contributed by atoms with Gasteiger partial charge in [0.15, 0.2) is 0 Å². The lowest BCUT2D eigenvalue weighted by Crippen LogP contribution is -2.22. The fourth-order valence-electron chi connectivity index (χ4n) is 3.11. The molecule has 1 aliphatic rings. The van der Waals surface area contributed by atoms with E-state index in [1.807, 2.05) is 0 Å². The smallest absolute Gasteiger partial charge is 0.123 e. The van der Waals surface area contributed by atoms with Crippen LogP contribution in [0, 0.1) is 17.8 Å². The van der Waals surface area contributed by atoms with E-state index in [2.05, 4.69) is 13.8 Å². The molecule has 0 bridgehead atoms. The molecule has 1 heteroatoms. The van der Waals surface area contributed by atoms with E-state index in [0.29, 0.717) is 5.92 Å². The maximum absolute atomic E-state index is 10.7. The highest BCUT2D eigenvalue weighted by atomic mass is 16.1. The molecule has 0 spiro atoms. The highest BCUT2D eigenvalue weighted by Crippen LogP contribution is 2.36. The number of hydrogen-bond acceptors (Lipinski definition) is 1. The van der Waals surface area contributed by atoms with E-state index in [1.54, 1.807) is 0 Å². The molecule has 88 valence electrons. The summed E-state index contributed by atoms with van der Waals surface area (Å²) in [6.45, 7) is 4.58. The van der Waals surface area contributed by atoms with Crippen LogP contribution in [0.2, 0.25) is 0 Å². The summed E-state index contributed by atoms with van der Waals surface area (Å²) in [5.41, 5.74) is 0. The third-order valence-corrected chi connectivity index (χ3v) is 3.99. The van der Waals surface area contributed by atoms with E-state index in [1.165, 1.54) is 44.8 Å². The van der Waals surface area contributed by atoms with Crippen molar-refractivity contribution in [1.29, 1.82) is 0 Å². The average Bonchev–Trinajstić information content (AvgIpc) is 2.29. The lowest BCUT2D eigenvalue weighted by Gasteiger charge is -2.32. The lowest BCUT2D eigenvalue weighted by molar-refractivity contribution is -0.112. The number of aldehydes is 1. The van der Waals surface area contributed by atoms with Crippen molar-refractivity contribution >= 4 is 6.29 Å². The summed E-state index contributed by atoms with van der Waals surface area (Å²) in [5, 5.41) is 0. The molecule has 1 rings (SSSR count). The molecule has 15 heavy (non-hydrogen) atoms. The summed E-state index contributed by atoms with van der Waals surface area (Å²) in [6, 6.07) is 0. The Morgan fingerprint density at radius 1 is 1.07 bits per heavy atom. The molecule has 1 fully saturated rings. The lowest BCUT2D eigenvalue weighted by atomic mass is 9.73. The van der Waals surface area contributed by atoms with E-state index in [0.717, 1.165) is 24.7 Å². The zero-order chi connectivity index (χ0) is 11.1. The topological polar surface area (TPSA) is 17.1 Å². The van der Waals surface area contributed by atoms with E-state index in [-0.39, 0.29) is 0 Å². The van der Waals surface area contributed by atoms with Gasteiger partial charge in [0.2, 0.25) is 0 Å². The van der Waals surface area contributed by atoms with Gasteiger partial charge in [0.05, 0.1) is 0 Å². The van der Waals surface area contributed by atoms with Gasteiger partial charge in [-0.1, -0.05) is 39.5 Å². The number of hydrogen-bond donors (Lipinski definition) is 0. The molecule has 0 aromatic rings. The predicted molar refractivity (Wildman–Crippen MR) is 64.8 cm³/mol. The normalized spacial score (nSPS) is 26.9. The van der Waals surface area contributed by atoms with Crippen molar-refractivity contribution in [2.24, 2.45) is 17.8 Å². The van der Waals surface area contributed by atoms with Gasteiger partial charge in [0, 0.05) is 5.92 Å². The molecule has 0 heterocycles. The Hall–Kier alpha value is -0.330. The Bertz CT molecular complexity index is 162. The highest BCUT2D eigenvalue weighted by molar-refractivity contribution is 5.53. The molecular formula is C14H26O. The molecule has 0 atom stereocenters. The van der Waals surface area contributed by atoms with Crippen LogP contribution in [0.25, 0.3) is 0 Å². The van der Waals surface area contributed by atoms with E-state index >= 15 is 0 Å². The third-order valence-electron chi connectivity index (χ3n) is 3.99. The maximum atomic E-state index is 10.7. The van der Waals surface area contributed by atoms with Crippen LogP contribution in [-0.4, -0.2) is 6.29 Å². The SMILES string of the molecule is CCCC(CCC)C1CCC(C=O)CC1. The fraction of sp³-hybridized carbons (Fsp3) is 0.929. The van der Waals surface area contributed by atoms with Crippen LogP contribution in [0.4, 0.5) is 0 Å². The summed E-state index contributed by atoms with van der Waals surface area (Å²) < 4.78 is 0. The zero-order valence-corrected chi connectivity index (χ0v) is 10.4. The Kier molecular flexibility index (Phi) is 5.97. The van der Waals surface area contributed by atoms with Crippen molar-refractivity contribution in [1.82, 2.24) is 0 Å². The van der Waals surface area contributed by atoms with Gasteiger partial charge in [-0.2, -0.15) is 0 Å². The Morgan fingerprint density at radius 2 is 1.60 bits per heavy atom. The Labute approximate surface area is 94.6 Å². The van der Waals surface area contributed by atoms with Gasteiger partial charge < -0.3 is 4.79 Å². The van der Waals surface area contributed by atoms with E-state index < -0.39 is 0 Å². The Morgan fingerprint density at radius 3 is 2.00 bits per heavy atom. The summed E-state index contributed by atoms with van der Waals surface area (Å²) in [6.07, 6.45) is 11.5. The second-order valence-corrected chi connectivity index (χ2v) is 5.15. The van der Waals surface area contributed by atoms with Crippen LogP contribution < -0.4 is 0 Å². The van der Waals surface area contributed by atoms with Gasteiger partial charge in [-0.3, -0.25) is 0 Å². The summed E-state index contributed by atoms with van der Waals surface area (Å²) in [7, 11) is 0. The van der Waals surface area contributed by atoms with Gasteiger partial charge in [0.25, 0.3) is 0 Å². The molecule has 1 aliphatic carbocycles. The Balaban J connectivity index is 2.37. The first-order chi connectivity index (χ1) is 7.31. The largest absolute Gasteiger partial charge is 0.303 e. The van der Waals surface area contributed by atoms with Gasteiger partial charge >= 0.3 is 0 Å². The van der Waals surface area contributed by atoms with Crippen molar-refractivity contribution in [3.05, 3.63) is 0 Å². The molecule has 0 amide bonds. The monoisotopic (exact) mass is 210 g/mol. The fourth-order valence-corrected chi connectivity index (χ4v) is 3.11. The first kappa shape index (κ1) is 12.7. The summed E-state index contributed by atoms with van der Waals surface area (Å²) >= 11 is 0. The van der Waals surface area contributed by atoms with Crippen LogP contribution in [0.5, 0.6) is 0 Å². The van der Waals surface area contributed by atoms with E-state index in [4.69, 9.17) is 0 Å². The molecule has 0 radical (unpaired) electrons. The van der Waals surface area contributed by atoms with Gasteiger partial charge in [0.1, 0.15) is 6.29 Å². The molecule has 1 nitrogen and oxygen atoms in total. The summed E-state index contributed by atoms with van der Waals surface area (Å²) in [4.78, 5) is 10.7. The van der Waals surface area contributed by atoms with Crippen molar-refractivity contribution < 1.29 is 4.79 Å². The summed E-state index contributed by atoms with van der Waals surface area (Å²) in [5.74, 6) is 2.24. The maximum Gasteiger partial charge on any atom is 0.123 e. The molecule has 0 saturated heterocycles. The van der Waals surface area contributed by atoms with Crippen molar-refractivity contribution in [2.45, 2.75) is 65.2 Å². The first-order valence-corrected chi connectivity index (χ1v) is 6.77. The van der Waals surface area contributed by atoms with Crippen LogP contribution in [0.3, 0.4) is 0 Å². The van der Waals surface area contributed by atoms with Gasteiger partial charge in [-0.05, 0) is 37.5 Å². The average molecular weight is 210 g/mol. The number of rotatable bonds is 6. The van der Waals surface area contributed by atoms with Crippen LogP contribution in [-0.2, 0) is 4.79 Å². The zero-order valence-electron chi connectivity index (χ0n) is 10.4.